The third-order valence-corrected chi connectivity index (χ3v) is 4.45. The third-order valence-electron chi connectivity index (χ3n) is 4.45. The van der Waals surface area contributed by atoms with Gasteiger partial charge in [0.25, 0.3) is 0 Å². The summed E-state index contributed by atoms with van der Waals surface area (Å²) in [7, 11) is 0. The van der Waals surface area contributed by atoms with Crippen molar-refractivity contribution in [3.05, 3.63) is 29.3 Å². The topological polar surface area (TPSA) is 47.3 Å². The maximum absolute atomic E-state index is 5.78. The molecule has 1 aliphatic heterocycles. The predicted molar refractivity (Wildman–Crippen MR) is 77.6 cm³/mol. The van der Waals surface area contributed by atoms with Crippen molar-refractivity contribution in [1.29, 1.82) is 0 Å². The van der Waals surface area contributed by atoms with E-state index in [1.807, 2.05) is 0 Å². The van der Waals surface area contributed by atoms with Crippen LogP contribution in [0.5, 0.6) is 5.75 Å². The Kier molecular flexibility index (Phi) is 3.76. The van der Waals surface area contributed by atoms with Crippen LogP contribution >= 0.6 is 0 Å². The number of fused-ring (bicyclic) bond motifs is 1. The number of benzene rings is 1. The van der Waals surface area contributed by atoms with Crippen LogP contribution in [0, 0.1) is 5.41 Å². The lowest BCUT2D eigenvalue weighted by atomic mass is 10.0. The van der Waals surface area contributed by atoms with Gasteiger partial charge in [-0.05, 0) is 67.8 Å². The van der Waals surface area contributed by atoms with Gasteiger partial charge in [0.05, 0.1) is 6.61 Å². The summed E-state index contributed by atoms with van der Waals surface area (Å²) in [4.78, 5) is 0. The van der Waals surface area contributed by atoms with Crippen molar-refractivity contribution in [3.8, 4) is 5.75 Å². The van der Waals surface area contributed by atoms with E-state index in [0.717, 1.165) is 51.3 Å². The highest BCUT2D eigenvalue weighted by Crippen LogP contribution is 2.43. The second-order valence-electron chi connectivity index (χ2n) is 6.02. The number of ether oxygens (including phenoxy) is 1. The molecule has 1 aromatic rings. The molecule has 0 unspecified atom stereocenters. The van der Waals surface area contributed by atoms with Crippen LogP contribution in [0.25, 0.3) is 0 Å². The van der Waals surface area contributed by atoms with Crippen molar-refractivity contribution in [2.75, 3.05) is 26.2 Å². The van der Waals surface area contributed by atoms with Gasteiger partial charge in [-0.15, -0.1) is 0 Å². The molecule has 1 heterocycles. The quantitative estimate of drug-likeness (QED) is 0.768. The van der Waals surface area contributed by atoms with Crippen molar-refractivity contribution in [1.82, 2.24) is 5.32 Å². The monoisotopic (exact) mass is 260 g/mol. The van der Waals surface area contributed by atoms with Crippen LogP contribution in [0.1, 0.15) is 30.4 Å². The Labute approximate surface area is 115 Å². The zero-order chi connectivity index (χ0) is 13.1. The first-order chi connectivity index (χ1) is 9.31. The molecule has 0 aromatic heterocycles. The minimum atomic E-state index is 0.434. The van der Waals surface area contributed by atoms with Gasteiger partial charge >= 0.3 is 0 Å². The molecule has 3 rings (SSSR count). The second kappa shape index (κ2) is 5.51. The summed E-state index contributed by atoms with van der Waals surface area (Å²) in [5.41, 5.74) is 9.01. The predicted octanol–water partition coefficient (Wildman–Crippen LogP) is 1.88. The van der Waals surface area contributed by atoms with Gasteiger partial charge in [-0.2, -0.15) is 0 Å². The molecule has 1 aromatic carbocycles. The van der Waals surface area contributed by atoms with E-state index in [1.165, 1.54) is 24.0 Å². The summed E-state index contributed by atoms with van der Waals surface area (Å²) in [5, 5.41) is 3.56. The van der Waals surface area contributed by atoms with Gasteiger partial charge in [0.1, 0.15) is 5.75 Å². The first kappa shape index (κ1) is 12.9. The minimum Gasteiger partial charge on any atom is -0.493 e. The molecule has 3 nitrogen and oxygen atoms in total. The van der Waals surface area contributed by atoms with Crippen molar-refractivity contribution < 1.29 is 4.74 Å². The van der Waals surface area contributed by atoms with Crippen molar-refractivity contribution in [2.24, 2.45) is 11.1 Å². The molecule has 3 heteroatoms. The van der Waals surface area contributed by atoms with Crippen LogP contribution < -0.4 is 15.8 Å². The van der Waals surface area contributed by atoms with Crippen LogP contribution in [-0.2, 0) is 12.8 Å². The van der Waals surface area contributed by atoms with Gasteiger partial charge in [-0.25, -0.2) is 0 Å². The Morgan fingerprint density at radius 1 is 1.32 bits per heavy atom. The Balaban J connectivity index is 1.47. The molecule has 0 atom stereocenters. The van der Waals surface area contributed by atoms with E-state index in [2.05, 4.69) is 23.5 Å². The van der Waals surface area contributed by atoms with Gasteiger partial charge in [0, 0.05) is 6.54 Å². The summed E-state index contributed by atoms with van der Waals surface area (Å²) in [6.45, 7) is 3.82. The molecule has 104 valence electrons. The Hall–Kier alpha value is -1.06. The van der Waals surface area contributed by atoms with Gasteiger partial charge in [0.2, 0.25) is 0 Å². The van der Waals surface area contributed by atoms with Crippen LogP contribution in [-0.4, -0.2) is 26.2 Å². The van der Waals surface area contributed by atoms with Crippen molar-refractivity contribution >= 4 is 0 Å². The lowest BCUT2D eigenvalue weighted by molar-refractivity contribution is 0.288. The highest BCUT2D eigenvalue weighted by atomic mass is 16.5. The average molecular weight is 260 g/mol. The molecule has 0 spiro atoms. The maximum Gasteiger partial charge on any atom is 0.122 e. The zero-order valence-corrected chi connectivity index (χ0v) is 11.6. The first-order valence-electron chi connectivity index (χ1n) is 7.47. The number of hydrogen-bond acceptors (Lipinski definition) is 3. The van der Waals surface area contributed by atoms with E-state index in [4.69, 9.17) is 10.5 Å². The molecule has 1 fully saturated rings. The van der Waals surface area contributed by atoms with Crippen LogP contribution in [0.15, 0.2) is 18.2 Å². The Morgan fingerprint density at radius 2 is 2.21 bits per heavy atom. The molecule has 0 saturated heterocycles. The summed E-state index contributed by atoms with van der Waals surface area (Å²) >= 11 is 0. The summed E-state index contributed by atoms with van der Waals surface area (Å²) in [5.74, 6) is 1.09. The molecule has 0 amide bonds. The summed E-state index contributed by atoms with van der Waals surface area (Å²) in [6, 6.07) is 6.64. The number of nitrogens with one attached hydrogen (secondary N) is 1. The molecule has 19 heavy (non-hydrogen) atoms. The van der Waals surface area contributed by atoms with Gasteiger partial charge in [-0.3, -0.25) is 0 Å². The van der Waals surface area contributed by atoms with Gasteiger partial charge < -0.3 is 15.8 Å². The van der Waals surface area contributed by atoms with Gasteiger partial charge in [0.15, 0.2) is 0 Å². The standard InChI is InChI=1S/C16H24N2O/c17-11-16(6-7-16)12-18-8-5-13-3-4-15-14(10-13)2-1-9-19-15/h3-4,10,18H,1-2,5-9,11-12,17H2. The van der Waals surface area contributed by atoms with E-state index in [9.17, 15) is 0 Å². The first-order valence-corrected chi connectivity index (χ1v) is 7.47. The Morgan fingerprint density at radius 3 is 3.00 bits per heavy atom. The van der Waals surface area contributed by atoms with E-state index in [1.54, 1.807) is 0 Å². The number of aryl methyl sites for hydroxylation is 1. The van der Waals surface area contributed by atoms with Crippen molar-refractivity contribution in [2.45, 2.75) is 32.1 Å². The molecule has 1 aliphatic carbocycles. The third kappa shape index (κ3) is 3.10. The SMILES string of the molecule is NCC1(CNCCc2ccc3c(c2)CCCO3)CC1. The highest BCUT2D eigenvalue weighted by Gasteiger charge is 2.40. The lowest BCUT2D eigenvalue weighted by Gasteiger charge is -2.18. The minimum absolute atomic E-state index is 0.434. The van der Waals surface area contributed by atoms with Crippen LogP contribution in [0.2, 0.25) is 0 Å². The van der Waals surface area contributed by atoms with E-state index < -0.39 is 0 Å². The maximum atomic E-state index is 5.78. The van der Waals surface area contributed by atoms with Crippen LogP contribution in [0.4, 0.5) is 0 Å². The normalized spacial score (nSPS) is 19.6. The summed E-state index contributed by atoms with van der Waals surface area (Å²) in [6.07, 6.45) is 5.99. The fraction of sp³-hybridized carbons (Fsp3) is 0.625. The number of nitrogens with two attached hydrogens (primary N) is 1. The molecular formula is C16H24N2O. The Bertz CT molecular complexity index is 440. The molecule has 3 N–H and O–H groups in total. The zero-order valence-electron chi connectivity index (χ0n) is 11.6. The van der Waals surface area contributed by atoms with Gasteiger partial charge in [-0.1, -0.05) is 12.1 Å². The molecule has 2 aliphatic rings. The van der Waals surface area contributed by atoms with E-state index >= 15 is 0 Å². The van der Waals surface area contributed by atoms with E-state index in [-0.39, 0.29) is 0 Å². The van der Waals surface area contributed by atoms with Crippen molar-refractivity contribution in [3.63, 3.8) is 0 Å². The second-order valence-corrected chi connectivity index (χ2v) is 6.02. The molecule has 0 radical (unpaired) electrons. The largest absolute Gasteiger partial charge is 0.493 e. The molecule has 0 bridgehead atoms. The summed E-state index contributed by atoms with van der Waals surface area (Å²) < 4.78 is 5.64. The molecule has 1 saturated carbocycles. The van der Waals surface area contributed by atoms with E-state index in [0.29, 0.717) is 5.41 Å². The average Bonchev–Trinajstić information content (AvgIpc) is 3.24. The lowest BCUT2D eigenvalue weighted by Crippen LogP contribution is -2.30. The molecular weight excluding hydrogens is 236 g/mol. The number of hydrogen-bond donors (Lipinski definition) is 2. The van der Waals surface area contributed by atoms with Crippen LogP contribution in [0.3, 0.4) is 0 Å². The highest BCUT2D eigenvalue weighted by molar-refractivity contribution is 5.38. The fourth-order valence-corrected chi connectivity index (χ4v) is 2.79. The fourth-order valence-electron chi connectivity index (χ4n) is 2.79. The number of rotatable bonds is 6. The smallest absolute Gasteiger partial charge is 0.122 e.